The molecule has 0 radical (unpaired) electrons. The van der Waals surface area contributed by atoms with Gasteiger partial charge in [-0.2, -0.15) is 0 Å². The molecule has 0 saturated heterocycles. The van der Waals surface area contributed by atoms with Crippen LogP contribution in [0.4, 0.5) is 0 Å². The average molecular weight is 431 g/mol. The summed E-state index contributed by atoms with van der Waals surface area (Å²) >= 11 is 11.4. The van der Waals surface area contributed by atoms with E-state index in [4.69, 9.17) is 23.2 Å². The summed E-state index contributed by atoms with van der Waals surface area (Å²) in [6, 6.07) is 26.5. The number of rotatable bonds is 5. The average Bonchev–Trinajstić information content (AvgIpc) is 2.73. The minimum absolute atomic E-state index is 0. The minimum atomic E-state index is 0. The Morgan fingerprint density at radius 3 is 1.28 bits per heavy atom. The highest BCUT2D eigenvalue weighted by Crippen LogP contribution is 2.10. The Morgan fingerprint density at radius 1 is 0.517 bits per heavy atom. The molecule has 0 aliphatic carbocycles. The van der Waals surface area contributed by atoms with Gasteiger partial charge in [-0.25, -0.2) is 0 Å². The van der Waals surface area contributed by atoms with Gasteiger partial charge < -0.3 is 0 Å². The normalized spacial score (nSPS) is 9.28. The van der Waals surface area contributed by atoms with Crippen molar-refractivity contribution >= 4 is 23.2 Å². The topological polar surface area (TPSA) is 0 Å². The molecule has 3 aromatic rings. The van der Waals surface area contributed by atoms with Crippen molar-refractivity contribution in [2.45, 2.75) is 60.3 Å². The smallest absolute Gasteiger partial charge is 0.0406 e. The molecular weight excluding hydrogens is 395 g/mol. The van der Waals surface area contributed by atoms with E-state index in [0.29, 0.717) is 0 Å². The van der Waals surface area contributed by atoms with Gasteiger partial charge in [0, 0.05) is 10.0 Å². The second kappa shape index (κ2) is 17.1. The van der Waals surface area contributed by atoms with E-state index in [1.54, 1.807) is 0 Å². The van der Waals surface area contributed by atoms with Crippen molar-refractivity contribution in [1.29, 1.82) is 0 Å². The summed E-state index contributed by atoms with van der Waals surface area (Å²) in [6.07, 6.45) is 5.88. The van der Waals surface area contributed by atoms with Crippen LogP contribution in [0.2, 0.25) is 10.0 Å². The summed E-state index contributed by atoms with van der Waals surface area (Å²) in [5.41, 5.74) is 4.14. The molecule has 158 valence electrons. The number of hydrogen-bond acceptors (Lipinski definition) is 0. The maximum Gasteiger partial charge on any atom is 0.0406 e. The van der Waals surface area contributed by atoms with Crippen molar-refractivity contribution in [2.24, 2.45) is 0 Å². The summed E-state index contributed by atoms with van der Waals surface area (Å²) in [5, 5.41) is 1.63. The monoisotopic (exact) mass is 430 g/mol. The van der Waals surface area contributed by atoms with Crippen molar-refractivity contribution in [3.8, 4) is 0 Å². The Balaban J connectivity index is 0.000000399. The minimum Gasteiger partial charge on any atom is -0.0843 e. The molecule has 0 spiro atoms. The summed E-state index contributed by atoms with van der Waals surface area (Å²) < 4.78 is 0. The number of aryl methyl sites for hydroxylation is 3. The van der Waals surface area contributed by atoms with E-state index in [1.165, 1.54) is 36.0 Å². The lowest BCUT2D eigenvalue weighted by atomic mass is 10.1. The zero-order chi connectivity index (χ0) is 20.6. The van der Waals surface area contributed by atoms with E-state index in [1.807, 2.05) is 36.4 Å². The van der Waals surface area contributed by atoms with E-state index in [9.17, 15) is 0 Å². The molecule has 0 nitrogen and oxygen atoms in total. The molecule has 0 amide bonds. The predicted molar refractivity (Wildman–Crippen MR) is 133 cm³/mol. The van der Waals surface area contributed by atoms with Crippen LogP contribution < -0.4 is 0 Å². The Bertz CT molecular complexity index is 732. The largest absolute Gasteiger partial charge is 0.0843 e. The van der Waals surface area contributed by atoms with Gasteiger partial charge in [-0.1, -0.05) is 119 Å². The second-order valence-corrected chi connectivity index (χ2v) is 7.46. The van der Waals surface area contributed by atoms with Crippen LogP contribution in [-0.2, 0) is 19.3 Å². The van der Waals surface area contributed by atoms with Gasteiger partial charge in [-0.05, 0) is 60.2 Å². The molecule has 0 fully saturated rings. The molecule has 0 bridgehead atoms. The van der Waals surface area contributed by atoms with Gasteiger partial charge in [0.1, 0.15) is 0 Å². The summed E-state index contributed by atoms with van der Waals surface area (Å²) in [6.45, 7) is 6.50. The fourth-order valence-corrected chi connectivity index (χ4v) is 2.85. The van der Waals surface area contributed by atoms with Crippen LogP contribution in [0.25, 0.3) is 0 Å². The highest BCUT2D eigenvalue weighted by Gasteiger charge is 1.89. The molecular formula is C27H36Cl2. The van der Waals surface area contributed by atoms with Crippen LogP contribution in [0.1, 0.15) is 57.7 Å². The van der Waals surface area contributed by atoms with E-state index in [0.717, 1.165) is 22.9 Å². The van der Waals surface area contributed by atoms with Crippen LogP contribution in [0, 0.1) is 0 Å². The summed E-state index contributed by atoms with van der Waals surface area (Å²) in [7, 11) is 0. The van der Waals surface area contributed by atoms with Crippen molar-refractivity contribution in [3.63, 3.8) is 0 Å². The van der Waals surface area contributed by atoms with Crippen LogP contribution in [0.15, 0.2) is 78.9 Å². The van der Waals surface area contributed by atoms with Crippen LogP contribution in [-0.4, -0.2) is 0 Å². The van der Waals surface area contributed by atoms with Gasteiger partial charge in [0.15, 0.2) is 0 Å². The second-order valence-electron chi connectivity index (χ2n) is 6.59. The first-order valence-corrected chi connectivity index (χ1v) is 10.9. The molecule has 0 N–H and O–H groups in total. The number of benzene rings is 3. The zero-order valence-electron chi connectivity index (χ0n) is 17.3. The van der Waals surface area contributed by atoms with Crippen molar-refractivity contribution < 1.29 is 0 Å². The Hall–Kier alpha value is -1.76. The fraction of sp³-hybridized carbons (Fsp3) is 0.333. The highest BCUT2D eigenvalue weighted by molar-refractivity contribution is 6.30. The van der Waals surface area contributed by atoms with Gasteiger partial charge in [-0.3, -0.25) is 0 Å². The fourth-order valence-electron chi connectivity index (χ4n) is 2.59. The Kier molecular flexibility index (Phi) is 16.1. The number of hydrogen-bond donors (Lipinski definition) is 0. The molecule has 0 aromatic heterocycles. The summed E-state index contributed by atoms with van der Waals surface area (Å²) in [4.78, 5) is 0. The van der Waals surface area contributed by atoms with E-state index >= 15 is 0 Å². The molecule has 0 aliphatic heterocycles. The molecule has 0 unspecified atom stereocenters. The lowest BCUT2D eigenvalue weighted by Crippen LogP contribution is -1.80. The van der Waals surface area contributed by atoms with Crippen LogP contribution >= 0.6 is 23.2 Å². The van der Waals surface area contributed by atoms with E-state index < -0.39 is 0 Å². The van der Waals surface area contributed by atoms with Crippen molar-refractivity contribution in [1.82, 2.24) is 0 Å². The molecule has 2 heteroatoms. The van der Waals surface area contributed by atoms with Crippen molar-refractivity contribution in [3.05, 3.63) is 106 Å². The lowest BCUT2D eigenvalue weighted by Gasteiger charge is -1.96. The molecule has 0 heterocycles. The van der Waals surface area contributed by atoms with Gasteiger partial charge in [0.05, 0.1) is 0 Å². The molecule has 0 aliphatic rings. The molecule has 0 saturated carbocycles. The standard InChI is InChI=1S/C9H11Cl.C9H12.C8H9Cl.CH4/c1-2-3-8-4-6-9(10)7-5-8;1-2-6-9-7-4-3-5-8-9;1-2-7-3-5-8(9)6-4-7;/h4-7H,2-3H2,1H3;3-5,7-8H,2,6H2,1H3;3-6H,2H2,1H3;1H4. The number of halogens is 2. The maximum atomic E-state index is 5.71. The third kappa shape index (κ3) is 13.2. The van der Waals surface area contributed by atoms with Crippen LogP contribution in [0.5, 0.6) is 0 Å². The first-order chi connectivity index (χ1) is 13.6. The summed E-state index contributed by atoms with van der Waals surface area (Å²) in [5.74, 6) is 0. The molecule has 29 heavy (non-hydrogen) atoms. The third-order valence-electron chi connectivity index (χ3n) is 4.15. The lowest BCUT2D eigenvalue weighted by molar-refractivity contribution is 0.922. The maximum absolute atomic E-state index is 5.71. The molecule has 3 rings (SSSR count). The first kappa shape index (κ1) is 27.2. The van der Waals surface area contributed by atoms with Crippen molar-refractivity contribution in [2.75, 3.05) is 0 Å². The zero-order valence-corrected chi connectivity index (χ0v) is 18.8. The SMILES string of the molecule is C.CCCc1ccc(Cl)cc1.CCCc1ccccc1.CCc1ccc(Cl)cc1. The Labute approximate surface area is 188 Å². The molecule has 3 aromatic carbocycles. The van der Waals surface area contributed by atoms with Gasteiger partial charge in [0.2, 0.25) is 0 Å². The quantitative estimate of drug-likeness (QED) is 0.377. The van der Waals surface area contributed by atoms with Gasteiger partial charge >= 0.3 is 0 Å². The third-order valence-corrected chi connectivity index (χ3v) is 4.66. The van der Waals surface area contributed by atoms with Gasteiger partial charge in [-0.15, -0.1) is 0 Å². The molecule has 0 atom stereocenters. The van der Waals surface area contributed by atoms with E-state index in [-0.39, 0.29) is 7.43 Å². The first-order valence-electron chi connectivity index (χ1n) is 10.1. The highest BCUT2D eigenvalue weighted by atomic mass is 35.5. The van der Waals surface area contributed by atoms with E-state index in [2.05, 4.69) is 63.2 Å². The Morgan fingerprint density at radius 2 is 0.897 bits per heavy atom. The van der Waals surface area contributed by atoms with Gasteiger partial charge in [0.25, 0.3) is 0 Å². The predicted octanol–water partition coefficient (Wildman–Crippen LogP) is 9.47. The van der Waals surface area contributed by atoms with Crippen LogP contribution in [0.3, 0.4) is 0 Å².